The molecule has 1 fully saturated rings. The molecule has 1 aliphatic heterocycles. The van der Waals surface area contributed by atoms with Crippen LogP contribution in [0.1, 0.15) is 59.4 Å². The van der Waals surface area contributed by atoms with Crippen LogP contribution in [0.25, 0.3) is 11.1 Å². The maximum absolute atomic E-state index is 13.5. The van der Waals surface area contributed by atoms with E-state index >= 15 is 0 Å². The molecule has 2 aromatic carbocycles. The Labute approximate surface area is 219 Å². The highest BCUT2D eigenvalue weighted by Gasteiger charge is 2.39. The predicted molar refractivity (Wildman–Crippen MR) is 136 cm³/mol. The number of aldehydes is 1. The van der Waals surface area contributed by atoms with E-state index in [0.29, 0.717) is 30.3 Å². The first-order chi connectivity index (χ1) is 18.1. The SMILES string of the molecule is CC(C)[C@H](NC(=O)c1ccc2c(c1)C(=O)c1ccccc1-2)C(=O)N1CCC[C@H]1C(=O)N[C@H](C=O)CC(=O)O. The minimum atomic E-state index is -1.23. The minimum absolute atomic E-state index is 0.163. The van der Waals surface area contributed by atoms with Crippen LogP contribution >= 0.6 is 0 Å². The monoisotopic (exact) mass is 519 g/mol. The molecule has 38 heavy (non-hydrogen) atoms. The molecule has 2 aliphatic rings. The second-order valence-electron chi connectivity index (χ2n) is 9.87. The largest absolute Gasteiger partial charge is 0.481 e. The number of aliphatic carboxylic acids is 1. The average molecular weight is 520 g/mol. The quantitative estimate of drug-likeness (QED) is 0.365. The summed E-state index contributed by atoms with van der Waals surface area (Å²) in [5.74, 6) is -3.29. The summed E-state index contributed by atoms with van der Waals surface area (Å²) in [5, 5.41) is 14.1. The van der Waals surface area contributed by atoms with Crippen LogP contribution in [-0.4, -0.2) is 70.4 Å². The van der Waals surface area contributed by atoms with Gasteiger partial charge in [0.15, 0.2) is 5.78 Å². The lowest BCUT2D eigenvalue weighted by Crippen LogP contribution is -2.56. The van der Waals surface area contributed by atoms with Crippen molar-refractivity contribution < 1.29 is 33.9 Å². The molecular weight excluding hydrogens is 490 g/mol. The van der Waals surface area contributed by atoms with Crippen molar-refractivity contribution in [2.75, 3.05) is 6.54 Å². The number of carboxylic acid groups (broad SMARTS) is 1. The summed E-state index contributed by atoms with van der Waals surface area (Å²) in [6.07, 6.45) is 0.683. The summed E-state index contributed by atoms with van der Waals surface area (Å²) in [7, 11) is 0. The van der Waals surface area contributed by atoms with Gasteiger partial charge in [0, 0.05) is 23.2 Å². The number of amides is 3. The fraction of sp³-hybridized carbons (Fsp3) is 0.357. The molecule has 3 N–H and O–H groups in total. The van der Waals surface area contributed by atoms with Crippen LogP contribution in [0.3, 0.4) is 0 Å². The van der Waals surface area contributed by atoms with Crippen LogP contribution in [0.5, 0.6) is 0 Å². The topological polar surface area (TPSA) is 150 Å². The van der Waals surface area contributed by atoms with Gasteiger partial charge in [-0.2, -0.15) is 0 Å². The van der Waals surface area contributed by atoms with E-state index in [0.717, 1.165) is 11.1 Å². The van der Waals surface area contributed by atoms with Gasteiger partial charge in [0.25, 0.3) is 5.91 Å². The molecule has 0 spiro atoms. The molecule has 1 saturated heterocycles. The van der Waals surface area contributed by atoms with Crippen LogP contribution in [0, 0.1) is 5.92 Å². The van der Waals surface area contributed by atoms with Crippen molar-refractivity contribution in [3.8, 4) is 11.1 Å². The molecule has 1 aliphatic carbocycles. The first kappa shape index (κ1) is 26.7. The van der Waals surface area contributed by atoms with Crippen LogP contribution < -0.4 is 10.6 Å². The van der Waals surface area contributed by atoms with E-state index in [-0.39, 0.29) is 23.8 Å². The van der Waals surface area contributed by atoms with Gasteiger partial charge in [0.05, 0.1) is 12.5 Å². The van der Waals surface area contributed by atoms with E-state index in [4.69, 9.17) is 5.11 Å². The predicted octanol–water partition coefficient (Wildman–Crippen LogP) is 1.80. The molecule has 1 heterocycles. The van der Waals surface area contributed by atoms with Gasteiger partial charge in [0.1, 0.15) is 18.4 Å². The maximum Gasteiger partial charge on any atom is 0.305 e. The van der Waals surface area contributed by atoms with Gasteiger partial charge in [-0.15, -0.1) is 0 Å². The summed E-state index contributed by atoms with van der Waals surface area (Å²) < 4.78 is 0. The molecule has 0 bridgehead atoms. The molecule has 4 rings (SSSR count). The Hall–Kier alpha value is -4.34. The highest BCUT2D eigenvalue weighted by molar-refractivity contribution is 6.22. The fourth-order valence-electron chi connectivity index (χ4n) is 4.99. The minimum Gasteiger partial charge on any atom is -0.481 e. The fourth-order valence-corrected chi connectivity index (χ4v) is 4.99. The molecule has 198 valence electrons. The second kappa shape index (κ2) is 11.0. The lowest BCUT2D eigenvalue weighted by atomic mass is 10.00. The van der Waals surface area contributed by atoms with E-state index in [2.05, 4.69) is 10.6 Å². The van der Waals surface area contributed by atoms with E-state index < -0.39 is 48.2 Å². The first-order valence-electron chi connectivity index (χ1n) is 12.5. The van der Waals surface area contributed by atoms with Crippen molar-refractivity contribution in [1.82, 2.24) is 15.5 Å². The Morgan fingerprint density at radius 1 is 1.03 bits per heavy atom. The van der Waals surface area contributed by atoms with Crippen molar-refractivity contribution in [1.29, 1.82) is 0 Å². The van der Waals surface area contributed by atoms with Crippen LogP contribution in [0.4, 0.5) is 0 Å². The maximum atomic E-state index is 13.5. The highest BCUT2D eigenvalue weighted by atomic mass is 16.4. The number of rotatable bonds is 9. The number of fused-ring (bicyclic) bond motifs is 3. The third kappa shape index (κ3) is 5.20. The van der Waals surface area contributed by atoms with Gasteiger partial charge in [-0.3, -0.25) is 24.0 Å². The molecule has 2 aromatic rings. The molecule has 10 heteroatoms. The lowest BCUT2D eigenvalue weighted by Gasteiger charge is -2.31. The lowest BCUT2D eigenvalue weighted by molar-refractivity contribution is -0.142. The molecule has 0 radical (unpaired) electrons. The summed E-state index contributed by atoms with van der Waals surface area (Å²) in [4.78, 5) is 75.8. The Kier molecular flexibility index (Phi) is 7.70. The number of nitrogens with zero attached hydrogens (tertiary/aromatic N) is 1. The van der Waals surface area contributed by atoms with E-state index in [9.17, 15) is 28.8 Å². The van der Waals surface area contributed by atoms with E-state index in [1.54, 1.807) is 38.1 Å². The Bertz CT molecular complexity index is 1320. The molecule has 0 aromatic heterocycles. The molecule has 3 amide bonds. The van der Waals surface area contributed by atoms with Crippen molar-refractivity contribution in [2.45, 2.75) is 51.2 Å². The highest BCUT2D eigenvalue weighted by Crippen LogP contribution is 2.36. The van der Waals surface area contributed by atoms with Crippen molar-refractivity contribution in [2.24, 2.45) is 5.92 Å². The number of ketones is 1. The second-order valence-corrected chi connectivity index (χ2v) is 9.87. The number of hydrogen-bond acceptors (Lipinski definition) is 6. The zero-order valence-corrected chi connectivity index (χ0v) is 21.1. The standard InChI is InChI=1S/C28H29N3O7/c1-15(2)24(28(38)31-11-5-8-22(31)27(37)29-17(14-32)13-23(33)34)30-26(36)16-9-10-19-18-6-3-4-7-20(18)25(35)21(19)12-16/h3-4,6-7,9-10,12,14-15,17,22,24H,5,8,11,13H2,1-2H3,(H,29,37)(H,30,36)(H,33,34)/t17-,22-,24-/m0/s1. The number of carbonyl (C=O) groups is 6. The normalized spacial score (nSPS) is 17.4. The van der Waals surface area contributed by atoms with Crippen LogP contribution in [0.15, 0.2) is 42.5 Å². The van der Waals surface area contributed by atoms with Gasteiger partial charge >= 0.3 is 5.97 Å². The van der Waals surface area contributed by atoms with Crippen LogP contribution in [-0.2, 0) is 19.2 Å². The summed E-state index contributed by atoms with van der Waals surface area (Å²) in [5.41, 5.74) is 2.80. The number of hydrogen-bond donors (Lipinski definition) is 3. The van der Waals surface area contributed by atoms with Gasteiger partial charge in [-0.25, -0.2) is 0 Å². The van der Waals surface area contributed by atoms with Crippen LogP contribution in [0.2, 0.25) is 0 Å². The van der Waals surface area contributed by atoms with E-state index in [1.807, 2.05) is 12.1 Å². The number of benzene rings is 2. The Morgan fingerprint density at radius 3 is 2.37 bits per heavy atom. The van der Waals surface area contributed by atoms with E-state index in [1.165, 1.54) is 11.0 Å². The zero-order chi connectivity index (χ0) is 27.6. The van der Waals surface area contributed by atoms with Crippen molar-refractivity contribution in [3.63, 3.8) is 0 Å². The van der Waals surface area contributed by atoms with Gasteiger partial charge < -0.3 is 25.4 Å². The number of likely N-dealkylation sites (tertiary alicyclic amines) is 1. The number of nitrogens with one attached hydrogen (secondary N) is 2. The Morgan fingerprint density at radius 2 is 1.71 bits per heavy atom. The number of carbonyl (C=O) groups excluding carboxylic acids is 5. The molecule has 0 unspecified atom stereocenters. The third-order valence-electron chi connectivity index (χ3n) is 6.93. The smallest absolute Gasteiger partial charge is 0.305 e. The van der Waals surface area contributed by atoms with Gasteiger partial charge in [0.2, 0.25) is 11.8 Å². The molecule has 3 atom stereocenters. The molecule has 0 saturated carbocycles. The first-order valence-corrected chi connectivity index (χ1v) is 12.5. The molecule has 10 nitrogen and oxygen atoms in total. The number of carboxylic acids is 1. The third-order valence-corrected chi connectivity index (χ3v) is 6.93. The summed E-state index contributed by atoms with van der Waals surface area (Å²) in [6, 6.07) is 9.06. The summed E-state index contributed by atoms with van der Waals surface area (Å²) >= 11 is 0. The van der Waals surface area contributed by atoms with Gasteiger partial charge in [-0.1, -0.05) is 44.2 Å². The van der Waals surface area contributed by atoms with Crippen molar-refractivity contribution >= 4 is 35.8 Å². The Balaban J connectivity index is 1.49. The average Bonchev–Trinajstić information content (AvgIpc) is 3.49. The van der Waals surface area contributed by atoms with Crippen molar-refractivity contribution in [3.05, 3.63) is 59.2 Å². The molecular formula is C28H29N3O7. The summed E-state index contributed by atoms with van der Waals surface area (Å²) in [6.45, 7) is 3.82. The van der Waals surface area contributed by atoms with Gasteiger partial charge in [-0.05, 0) is 42.0 Å². The zero-order valence-electron chi connectivity index (χ0n) is 21.1.